The Morgan fingerprint density at radius 2 is 2.00 bits per heavy atom. The molecule has 4 N–H and O–H groups in total. The first kappa shape index (κ1) is 21.5. The van der Waals surface area contributed by atoms with Crippen molar-refractivity contribution in [3.05, 3.63) is 36.0 Å². The Morgan fingerprint density at radius 1 is 1.28 bits per heavy atom. The van der Waals surface area contributed by atoms with Crippen molar-refractivity contribution in [1.29, 1.82) is 0 Å². The fourth-order valence-corrected chi connectivity index (χ4v) is 4.76. The summed E-state index contributed by atoms with van der Waals surface area (Å²) in [7, 11) is 0. The Bertz CT molecular complexity index is 833. The Kier molecular flexibility index (Phi) is 6.74. The molecule has 2 aliphatic rings. The van der Waals surface area contributed by atoms with Crippen LogP contribution in [-0.2, 0) is 0 Å². The summed E-state index contributed by atoms with van der Waals surface area (Å²) >= 11 is 0. The number of benzene rings is 1. The maximum Gasteiger partial charge on any atom is 0.387 e. The van der Waals surface area contributed by atoms with Crippen LogP contribution in [0.15, 0.2) is 30.5 Å². The number of carbonyl (C=O) groups excluding carboxylic acids is 1. The molecule has 1 heterocycles. The molecule has 2 unspecified atom stereocenters. The number of hydrogen-bond acceptors (Lipinski definition) is 4. The fraction of sp³-hybridized carbons (Fsp3) is 0.500. The number of amides is 1. The minimum atomic E-state index is -2.91. The van der Waals surface area contributed by atoms with Crippen LogP contribution in [0.25, 0.3) is 11.3 Å². The van der Waals surface area contributed by atoms with Crippen LogP contribution in [0.1, 0.15) is 42.5 Å². The van der Waals surface area contributed by atoms with E-state index < -0.39 is 6.61 Å². The van der Waals surface area contributed by atoms with Gasteiger partial charge in [-0.3, -0.25) is 9.89 Å². The number of aromatic amines is 1. The van der Waals surface area contributed by atoms with Gasteiger partial charge in [0.05, 0.1) is 17.5 Å². The molecule has 1 aromatic heterocycles. The standard InChI is InChI=1S/C20H24F2N4O2.ClH/c21-20(22)28-15-6-2-5-13(9-15)18-16(10-24-26-18)19(27)25-17-11-3-1-4-12(17)8-14(23)7-11;/h2,5-6,9-12,14,17,20H,1,3-4,7-8,23H2,(H,24,26)(H,25,27);1H. The monoisotopic (exact) mass is 426 g/mol. The molecular formula is C20H25ClF2N4O2. The largest absolute Gasteiger partial charge is 0.435 e. The van der Waals surface area contributed by atoms with E-state index in [4.69, 9.17) is 5.73 Å². The molecule has 2 saturated carbocycles. The van der Waals surface area contributed by atoms with Gasteiger partial charge in [0.1, 0.15) is 5.75 Å². The average molecular weight is 427 g/mol. The molecule has 0 spiro atoms. The molecule has 0 aliphatic heterocycles. The predicted octanol–water partition coefficient (Wildman–Crippen LogP) is 3.74. The number of carbonyl (C=O) groups is 1. The lowest BCUT2D eigenvalue weighted by atomic mass is 9.67. The molecule has 1 amide bonds. The molecule has 2 fully saturated rings. The lowest BCUT2D eigenvalue weighted by Crippen LogP contribution is -2.53. The highest BCUT2D eigenvalue weighted by molar-refractivity contribution is 6.00. The molecule has 0 radical (unpaired) electrons. The van der Waals surface area contributed by atoms with Gasteiger partial charge in [0.2, 0.25) is 0 Å². The second-order valence-corrected chi connectivity index (χ2v) is 7.75. The van der Waals surface area contributed by atoms with Crippen molar-refractivity contribution >= 4 is 18.3 Å². The van der Waals surface area contributed by atoms with Crippen LogP contribution < -0.4 is 15.8 Å². The van der Waals surface area contributed by atoms with Gasteiger partial charge in [-0.25, -0.2) is 0 Å². The number of fused-ring (bicyclic) bond motifs is 2. The van der Waals surface area contributed by atoms with Crippen molar-refractivity contribution in [2.75, 3.05) is 0 Å². The third kappa shape index (κ3) is 4.70. The number of alkyl halides is 2. The molecule has 2 atom stereocenters. The first-order chi connectivity index (χ1) is 13.5. The molecule has 29 heavy (non-hydrogen) atoms. The van der Waals surface area contributed by atoms with Crippen LogP contribution >= 0.6 is 12.4 Å². The van der Waals surface area contributed by atoms with Crippen molar-refractivity contribution in [2.24, 2.45) is 17.6 Å². The Labute approximate surface area is 174 Å². The summed E-state index contributed by atoms with van der Waals surface area (Å²) in [6, 6.07) is 6.56. The summed E-state index contributed by atoms with van der Waals surface area (Å²) in [6.07, 6.45) is 6.69. The zero-order valence-electron chi connectivity index (χ0n) is 15.8. The van der Waals surface area contributed by atoms with Gasteiger partial charge in [-0.1, -0.05) is 18.6 Å². The molecule has 4 rings (SSSR count). The first-order valence-electron chi connectivity index (χ1n) is 9.66. The molecule has 1 aromatic carbocycles. The van der Waals surface area contributed by atoms with Crippen molar-refractivity contribution in [3.63, 3.8) is 0 Å². The van der Waals surface area contributed by atoms with E-state index in [1.54, 1.807) is 12.1 Å². The van der Waals surface area contributed by atoms with Crippen molar-refractivity contribution in [2.45, 2.75) is 50.8 Å². The lowest BCUT2D eigenvalue weighted by molar-refractivity contribution is -0.0498. The number of aromatic nitrogens is 2. The molecule has 6 nitrogen and oxygen atoms in total. The van der Waals surface area contributed by atoms with E-state index in [0.717, 1.165) is 25.7 Å². The molecule has 2 aliphatic carbocycles. The predicted molar refractivity (Wildman–Crippen MR) is 107 cm³/mol. The number of nitrogens with one attached hydrogen (secondary N) is 2. The number of halogens is 3. The zero-order chi connectivity index (χ0) is 19.7. The molecule has 2 aromatic rings. The van der Waals surface area contributed by atoms with Gasteiger partial charge in [0.25, 0.3) is 5.91 Å². The van der Waals surface area contributed by atoms with Crippen molar-refractivity contribution < 1.29 is 18.3 Å². The van der Waals surface area contributed by atoms with E-state index in [1.165, 1.54) is 24.8 Å². The Morgan fingerprint density at radius 3 is 2.69 bits per heavy atom. The second-order valence-electron chi connectivity index (χ2n) is 7.75. The van der Waals surface area contributed by atoms with Gasteiger partial charge >= 0.3 is 6.61 Å². The van der Waals surface area contributed by atoms with Crippen LogP contribution in [0.2, 0.25) is 0 Å². The number of nitrogens with zero attached hydrogens (tertiary/aromatic N) is 1. The van der Waals surface area contributed by atoms with Crippen molar-refractivity contribution in [3.8, 4) is 17.0 Å². The van der Waals surface area contributed by atoms with Gasteiger partial charge in [0, 0.05) is 17.6 Å². The molecule has 158 valence electrons. The van der Waals surface area contributed by atoms with Crippen LogP contribution in [0.5, 0.6) is 5.75 Å². The number of hydrogen-bond donors (Lipinski definition) is 3. The van der Waals surface area contributed by atoms with Gasteiger partial charge in [0.15, 0.2) is 0 Å². The minimum Gasteiger partial charge on any atom is -0.435 e. The van der Waals surface area contributed by atoms with E-state index >= 15 is 0 Å². The van der Waals surface area contributed by atoms with Gasteiger partial charge in [-0.15, -0.1) is 12.4 Å². The number of H-pyrrole nitrogens is 1. The third-order valence-electron chi connectivity index (χ3n) is 5.91. The summed E-state index contributed by atoms with van der Waals surface area (Å²) in [4.78, 5) is 13.0. The van der Waals surface area contributed by atoms with E-state index in [-0.39, 0.29) is 36.1 Å². The quantitative estimate of drug-likeness (QED) is 0.679. The summed E-state index contributed by atoms with van der Waals surface area (Å²) in [5.74, 6) is 0.639. The molecule has 2 bridgehead atoms. The third-order valence-corrected chi connectivity index (χ3v) is 5.91. The van der Waals surface area contributed by atoms with Crippen LogP contribution in [0, 0.1) is 11.8 Å². The number of rotatable bonds is 5. The smallest absolute Gasteiger partial charge is 0.387 e. The zero-order valence-corrected chi connectivity index (χ0v) is 16.6. The highest BCUT2D eigenvalue weighted by atomic mass is 35.5. The van der Waals surface area contributed by atoms with Crippen LogP contribution in [-0.4, -0.2) is 34.8 Å². The number of nitrogens with two attached hydrogens (primary N) is 1. The minimum absolute atomic E-state index is 0. The SMILES string of the molecule is Cl.NC1CC2CCCC(C1)C2NC(=O)c1cn[nH]c1-c1cccc(OC(F)F)c1. The van der Waals surface area contributed by atoms with Gasteiger partial charge < -0.3 is 15.8 Å². The summed E-state index contributed by atoms with van der Waals surface area (Å²) in [5.41, 5.74) is 7.60. The second kappa shape index (κ2) is 9.09. The highest BCUT2D eigenvalue weighted by Gasteiger charge is 2.40. The van der Waals surface area contributed by atoms with Gasteiger partial charge in [-0.05, 0) is 49.7 Å². The molecular weight excluding hydrogens is 402 g/mol. The number of ether oxygens (including phenoxy) is 1. The van der Waals surface area contributed by atoms with E-state index in [0.29, 0.717) is 28.7 Å². The van der Waals surface area contributed by atoms with E-state index in [9.17, 15) is 13.6 Å². The molecule has 0 saturated heterocycles. The van der Waals surface area contributed by atoms with E-state index in [2.05, 4.69) is 20.3 Å². The topological polar surface area (TPSA) is 93.0 Å². The Hall–Kier alpha value is -2.19. The maximum absolute atomic E-state index is 13.0. The van der Waals surface area contributed by atoms with E-state index in [1.807, 2.05) is 0 Å². The first-order valence-corrected chi connectivity index (χ1v) is 9.66. The van der Waals surface area contributed by atoms with Crippen LogP contribution in [0.4, 0.5) is 8.78 Å². The Balaban J connectivity index is 0.00000240. The summed E-state index contributed by atoms with van der Waals surface area (Å²) in [5, 5.41) is 9.99. The van der Waals surface area contributed by atoms with Crippen molar-refractivity contribution in [1.82, 2.24) is 15.5 Å². The summed E-state index contributed by atoms with van der Waals surface area (Å²) < 4.78 is 29.4. The van der Waals surface area contributed by atoms with Gasteiger partial charge in [-0.2, -0.15) is 13.9 Å². The van der Waals surface area contributed by atoms with Crippen LogP contribution in [0.3, 0.4) is 0 Å². The lowest BCUT2D eigenvalue weighted by Gasteiger charge is -2.45. The summed E-state index contributed by atoms with van der Waals surface area (Å²) in [6.45, 7) is -2.91. The maximum atomic E-state index is 13.0. The normalized spacial score (nSPS) is 25.9. The highest BCUT2D eigenvalue weighted by Crippen LogP contribution is 2.40. The average Bonchev–Trinajstić information content (AvgIpc) is 3.12. The fourth-order valence-electron chi connectivity index (χ4n) is 4.76. The molecule has 9 heteroatoms.